The molecule has 0 aromatic rings. The maximum atomic E-state index is 12.0. The Morgan fingerprint density at radius 1 is 1.09 bits per heavy atom. The molecule has 0 unspecified atom stereocenters. The van der Waals surface area contributed by atoms with Gasteiger partial charge in [-0.25, -0.2) is 0 Å². The van der Waals surface area contributed by atoms with Crippen LogP contribution in [-0.2, 0) is 9.53 Å². The number of ether oxygens (including phenoxy) is 1. The zero-order valence-electron chi connectivity index (χ0n) is 22.5. The zero-order chi connectivity index (χ0) is 24.9. The molecule has 0 aromatic heterocycles. The Labute approximate surface area is 207 Å². The van der Waals surface area contributed by atoms with E-state index < -0.39 is 5.60 Å². The quantitative estimate of drug-likeness (QED) is 0.258. The summed E-state index contributed by atoms with van der Waals surface area (Å²) in [7, 11) is 0. The highest BCUT2D eigenvalue weighted by molar-refractivity contribution is 5.94. The molecule has 0 spiro atoms. The summed E-state index contributed by atoms with van der Waals surface area (Å²) in [4.78, 5) is 11.6. The average molecular weight is 476 g/mol. The molecular formula is C29H49NO4. The molecule has 5 nitrogen and oxygen atoms in total. The van der Waals surface area contributed by atoms with E-state index in [1.54, 1.807) is 0 Å². The van der Waals surface area contributed by atoms with Crippen LogP contribution in [0.3, 0.4) is 0 Å². The number of carbonyl (C=O) groups excluding carboxylic acids is 1. The molecule has 0 radical (unpaired) electrons. The zero-order valence-corrected chi connectivity index (χ0v) is 22.5. The van der Waals surface area contributed by atoms with Crippen LogP contribution < -0.4 is 0 Å². The number of nitrogens with zero attached hydrogens (tertiary/aromatic N) is 1. The third-order valence-electron chi connectivity index (χ3n) is 11.3. The minimum atomic E-state index is -1.20. The van der Waals surface area contributed by atoms with Crippen molar-refractivity contribution in [3.05, 3.63) is 0 Å². The smallest absolute Gasteiger partial charge is 0.302 e. The average Bonchev–Trinajstić information content (AvgIpc) is 3.11. The van der Waals surface area contributed by atoms with Gasteiger partial charge in [-0.2, -0.15) is 0 Å². The Hall–Kier alpha value is -1.10. The minimum absolute atomic E-state index is 0.304. The van der Waals surface area contributed by atoms with E-state index in [4.69, 9.17) is 4.74 Å². The fraction of sp³-hybridized carbons (Fsp3) is 0.931. The van der Waals surface area contributed by atoms with Crippen molar-refractivity contribution < 1.29 is 19.8 Å². The summed E-state index contributed by atoms with van der Waals surface area (Å²) >= 11 is 0. The molecule has 5 heteroatoms. The van der Waals surface area contributed by atoms with Crippen molar-refractivity contribution in [3.8, 4) is 0 Å². The van der Waals surface area contributed by atoms with Crippen LogP contribution >= 0.6 is 0 Å². The predicted molar refractivity (Wildman–Crippen MR) is 135 cm³/mol. The van der Waals surface area contributed by atoms with Gasteiger partial charge in [0.1, 0.15) is 11.7 Å². The maximum Gasteiger partial charge on any atom is 0.302 e. The van der Waals surface area contributed by atoms with Crippen LogP contribution in [0.2, 0.25) is 0 Å². The van der Waals surface area contributed by atoms with E-state index in [0.717, 1.165) is 37.0 Å². The van der Waals surface area contributed by atoms with Crippen LogP contribution in [0.5, 0.6) is 0 Å². The Balaban J connectivity index is 1.56. The first kappa shape index (κ1) is 26.0. The number of rotatable bonds is 6. The Morgan fingerprint density at radius 3 is 2.47 bits per heavy atom. The second-order valence-electron chi connectivity index (χ2n) is 13.4. The Bertz CT molecular complexity index is 795. The third kappa shape index (κ3) is 4.12. The summed E-state index contributed by atoms with van der Waals surface area (Å²) in [6.07, 6.45) is 11.2. The van der Waals surface area contributed by atoms with Crippen molar-refractivity contribution in [3.63, 3.8) is 0 Å². The molecule has 0 saturated heterocycles. The molecule has 0 amide bonds. The van der Waals surface area contributed by atoms with E-state index in [1.807, 2.05) is 0 Å². The summed E-state index contributed by atoms with van der Waals surface area (Å²) in [5, 5.41) is 25.8. The molecule has 4 fully saturated rings. The second-order valence-corrected chi connectivity index (χ2v) is 13.4. The first-order valence-corrected chi connectivity index (χ1v) is 14.1. The molecule has 4 aliphatic carbocycles. The highest BCUT2D eigenvalue weighted by atomic mass is 16.5. The molecule has 0 aromatic carbocycles. The molecule has 9 atom stereocenters. The van der Waals surface area contributed by atoms with Gasteiger partial charge in [0.05, 0.1) is 5.71 Å². The maximum absolute atomic E-state index is 12.0. The monoisotopic (exact) mass is 475 g/mol. The lowest BCUT2D eigenvalue weighted by Crippen LogP contribution is -2.67. The van der Waals surface area contributed by atoms with Gasteiger partial charge in [-0.3, -0.25) is 4.79 Å². The van der Waals surface area contributed by atoms with Crippen molar-refractivity contribution in [2.24, 2.45) is 51.5 Å². The molecule has 34 heavy (non-hydrogen) atoms. The van der Waals surface area contributed by atoms with Gasteiger partial charge in [-0.05, 0) is 85.9 Å². The van der Waals surface area contributed by atoms with E-state index in [2.05, 4.69) is 39.8 Å². The number of esters is 1. The summed E-state index contributed by atoms with van der Waals surface area (Å²) < 4.78 is 5.52. The van der Waals surface area contributed by atoms with Gasteiger partial charge in [0.2, 0.25) is 0 Å². The number of carbonyl (C=O) groups is 1. The van der Waals surface area contributed by atoms with Crippen molar-refractivity contribution in [1.29, 1.82) is 0 Å². The van der Waals surface area contributed by atoms with Crippen molar-refractivity contribution in [1.82, 2.24) is 0 Å². The van der Waals surface area contributed by atoms with Gasteiger partial charge in [0.15, 0.2) is 0 Å². The van der Waals surface area contributed by atoms with E-state index in [-0.39, 0.29) is 17.5 Å². The predicted octanol–water partition coefficient (Wildman–Crippen LogP) is 6.59. The SMILES string of the molecule is CC(=O)O[C@H]1CC[C@]2(C)[C@H]3CC[C@]4(C)[C@@H]([C@H](C)CCCC(C)C)CC[C@H]4[C@@H]3C/C(=N\O)[C@@]2(O)C1. The molecule has 0 heterocycles. The Morgan fingerprint density at radius 2 is 1.82 bits per heavy atom. The van der Waals surface area contributed by atoms with Crippen LogP contribution in [0, 0.1) is 46.3 Å². The summed E-state index contributed by atoms with van der Waals surface area (Å²) in [6, 6.07) is 0. The summed E-state index contributed by atoms with van der Waals surface area (Å²) in [6.45, 7) is 13.3. The first-order valence-electron chi connectivity index (χ1n) is 14.1. The van der Waals surface area contributed by atoms with Gasteiger partial charge in [0.25, 0.3) is 0 Å². The molecule has 4 aliphatic rings. The van der Waals surface area contributed by atoms with Crippen LogP contribution in [0.15, 0.2) is 5.16 Å². The number of hydrogen-bond donors (Lipinski definition) is 2. The van der Waals surface area contributed by atoms with Gasteiger partial charge >= 0.3 is 5.97 Å². The fourth-order valence-corrected chi connectivity index (χ4v) is 9.51. The van der Waals surface area contributed by atoms with Crippen molar-refractivity contribution >= 4 is 11.7 Å². The first-order chi connectivity index (χ1) is 16.0. The lowest BCUT2D eigenvalue weighted by Gasteiger charge is -2.64. The van der Waals surface area contributed by atoms with Crippen molar-refractivity contribution in [2.45, 2.75) is 124 Å². The summed E-state index contributed by atoms with van der Waals surface area (Å²) in [5.74, 6) is 3.53. The highest BCUT2D eigenvalue weighted by Gasteiger charge is 2.67. The molecule has 2 N–H and O–H groups in total. The molecule has 4 saturated carbocycles. The number of fused-ring (bicyclic) bond motifs is 5. The second kappa shape index (κ2) is 9.41. The lowest BCUT2D eigenvalue weighted by atomic mass is 9.42. The highest BCUT2D eigenvalue weighted by Crippen LogP contribution is 2.68. The number of aliphatic hydroxyl groups is 1. The topological polar surface area (TPSA) is 79.1 Å². The van der Waals surface area contributed by atoms with Gasteiger partial charge < -0.3 is 15.1 Å². The van der Waals surface area contributed by atoms with E-state index in [1.165, 1.54) is 45.4 Å². The third-order valence-corrected chi connectivity index (χ3v) is 11.3. The molecule has 4 rings (SSSR count). The minimum Gasteiger partial charge on any atom is -0.462 e. The normalized spacial score (nSPS) is 46.0. The largest absolute Gasteiger partial charge is 0.462 e. The number of hydrogen-bond acceptors (Lipinski definition) is 5. The molecule has 0 bridgehead atoms. The Kier molecular flexibility index (Phi) is 7.19. The van der Waals surface area contributed by atoms with Gasteiger partial charge in [-0.1, -0.05) is 59.0 Å². The molecule has 194 valence electrons. The van der Waals surface area contributed by atoms with Crippen LogP contribution in [0.1, 0.15) is 112 Å². The van der Waals surface area contributed by atoms with Crippen LogP contribution in [0.25, 0.3) is 0 Å². The van der Waals surface area contributed by atoms with E-state index >= 15 is 0 Å². The van der Waals surface area contributed by atoms with Gasteiger partial charge in [0, 0.05) is 18.8 Å². The summed E-state index contributed by atoms with van der Waals surface area (Å²) in [5.41, 5.74) is -0.654. The fourth-order valence-electron chi connectivity index (χ4n) is 9.51. The van der Waals surface area contributed by atoms with Crippen LogP contribution in [-0.4, -0.2) is 33.7 Å². The number of oxime groups is 1. The van der Waals surface area contributed by atoms with Crippen LogP contribution in [0.4, 0.5) is 0 Å². The van der Waals surface area contributed by atoms with E-state index in [9.17, 15) is 15.1 Å². The standard InChI is InChI=1S/C29H49NO4/c1-18(2)8-7-9-19(3)23-10-11-24-22-16-26(30-33)29(32)17-21(34-20(4)31)12-15-28(29,6)25(22)13-14-27(23,24)5/h18-19,21-25,32-33H,7-17H2,1-6H3/b30-26+/t19-,21+,22+,23-,24+,25+,27-,28-,29+/m1/s1. The molecular weight excluding hydrogens is 426 g/mol. The van der Waals surface area contributed by atoms with Crippen molar-refractivity contribution in [2.75, 3.05) is 0 Å². The van der Waals surface area contributed by atoms with Gasteiger partial charge in [-0.15, -0.1) is 0 Å². The molecule has 0 aliphatic heterocycles. The lowest BCUT2D eigenvalue weighted by molar-refractivity contribution is -0.183. The van der Waals surface area contributed by atoms with E-state index in [0.29, 0.717) is 41.7 Å².